The number of rotatable bonds is 5. The maximum absolute atomic E-state index is 12.2. The first kappa shape index (κ1) is 23.6. The molecule has 0 bridgehead atoms. The van der Waals surface area contributed by atoms with Crippen LogP contribution in [0.25, 0.3) is 16.3 Å². The Bertz CT molecular complexity index is 977. The van der Waals surface area contributed by atoms with Gasteiger partial charge in [0, 0.05) is 6.54 Å². The van der Waals surface area contributed by atoms with Crippen molar-refractivity contribution in [3.63, 3.8) is 0 Å². The van der Waals surface area contributed by atoms with Crippen molar-refractivity contribution < 1.29 is 23.6 Å². The summed E-state index contributed by atoms with van der Waals surface area (Å²) in [7, 11) is 1.03. The van der Waals surface area contributed by atoms with Gasteiger partial charge in [-0.15, -0.1) is 11.3 Å². The molecule has 0 unspecified atom stereocenters. The highest BCUT2D eigenvalue weighted by Gasteiger charge is 2.52. The maximum atomic E-state index is 12.2. The van der Waals surface area contributed by atoms with Crippen LogP contribution < -0.4 is 10.1 Å². The standard InChI is InChI=1S/C22H31BN2O5S/c1-20(2,3)28-19(26)24-13-14(23-29-21(4,5)22(6,7)30-23)11-18-25-16-10-9-15(27-8)12-17(16)31-18/h9-12H,13H2,1-8H3,(H,24,26). The van der Waals surface area contributed by atoms with Crippen molar-refractivity contribution in [1.29, 1.82) is 0 Å². The fourth-order valence-electron chi connectivity index (χ4n) is 2.96. The number of carbonyl (C=O) groups excluding carboxylic acids is 1. The number of nitrogens with zero attached hydrogens (tertiary/aromatic N) is 1. The van der Waals surface area contributed by atoms with E-state index in [9.17, 15) is 4.79 Å². The molecule has 1 aromatic carbocycles. The molecule has 0 radical (unpaired) electrons. The van der Waals surface area contributed by atoms with E-state index in [0.29, 0.717) is 0 Å². The van der Waals surface area contributed by atoms with E-state index in [4.69, 9.17) is 23.8 Å². The number of hydrogen-bond donors (Lipinski definition) is 1. The number of methoxy groups -OCH3 is 1. The van der Waals surface area contributed by atoms with Crippen LogP contribution in [-0.2, 0) is 14.0 Å². The van der Waals surface area contributed by atoms with E-state index in [0.717, 1.165) is 26.4 Å². The molecule has 168 valence electrons. The Hall–Kier alpha value is -2.10. The van der Waals surface area contributed by atoms with Crippen LogP contribution in [0.1, 0.15) is 53.5 Å². The molecule has 0 aliphatic carbocycles. The lowest BCUT2D eigenvalue weighted by atomic mass is 9.77. The Morgan fingerprint density at radius 2 is 1.87 bits per heavy atom. The van der Waals surface area contributed by atoms with E-state index in [1.165, 1.54) is 11.3 Å². The predicted molar refractivity (Wildman–Crippen MR) is 124 cm³/mol. The molecular weight excluding hydrogens is 415 g/mol. The van der Waals surface area contributed by atoms with Gasteiger partial charge in [-0.05, 0) is 78.2 Å². The van der Waals surface area contributed by atoms with Crippen LogP contribution >= 0.6 is 11.3 Å². The van der Waals surface area contributed by atoms with E-state index in [-0.39, 0.29) is 6.54 Å². The van der Waals surface area contributed by atoms with Gasteiger partial charge < -0.3 is 24.1 Å². The molecule has 1 aliphatic rings. The van der Waals surface area contributed by atoms with Crippen LogP contribution in [-0.4, -0.2) is 48.7 Å². The summed E-state index contributed by atoms with van der Waals surface area (Å²) < 4.78 is 24.1. The zero-order valence-electron chi connectivity index (χ0n) is 19.5. The second-order valence-corrected chi connectivity index (χ2v) is 10.6. The lowest BCUT2D eigenvalue weighted by Crippen LogP contribution is -2.41. The molecule has 0 saturated carbocycles. The highest BCUT2D eigenvalue weighted by atomic mass is 32.1. The molecule has 1 aromatic heterocycles. The van der Waals surface area contributed by atoms with Gasteiger partial charge in [-0.3, -0.25) is 0 Å². The lowest BCUT2D eigenvalue weighted by Gasteiger charge is -2.32. The van der Waals surface area contributed by atoms with E-state index in [2.05, 4.69) is 5.32 Å². The highest BCUT2D eigenvalue weighted by molar-refractivity contribution is 7.19. The summed E-state index contributed by atoms with van der Waals surface area (Å²) in [5, 5.41) is 3.60. The molecule has 2 heterocycles. The molecule has 7 nitrogen and oxygen atoms in total. The predicted octanol–water partition coefficient (Wildman–Crippen LogP) is 4.84. The zero-order chi connectivity index (χ0) is 23.0. The first-order valence-electron chi connectivity index (χ1n) is 10.3. The quantitative estimate of drug-likeness (QED) is 0.662. The smallest absolute Gasteiger partial charge is 0.492 e. The Morgan fingerprint density at radius 1 is 1.23 bits per heavy atom. The molecule has 1 saturated heterocycles. The number of alkyl carbamates (subject to hydrolysis) is 1. The number of hydrogen-bond acceptors (Lipinski definition) is 7. The third kappa shape index (κ3) is 5.58. The first-order chi connectivity index (χ1) is 14.3. The number of aromatic nitrogens is 1. The van der Waals surface area contributed by atoms with E-state index in [1.54, 1.807) is 7.11 Å². The molecule has 1 aliphatic heterocycles. The van der Waals surface area contributed by atoms with Crippen molar-refractivity contribution in [2.75, 3.05) is 13.7 Å². The Labute approximate surface area is 188 Å². The topological polar surface area (TPSA) is 78.9 Å². The molecule has 2 aromatic rings. The average Bonchev–Trinajstić information content (AvgIpc) is 3.13. The van der Waals surface area contributed by atoms with Gasteiger partial charge in [0.05, 0.1) is 28.5 Å². The van der Waals surface area contributed by atoms with Gasteiger partial charge in [-0.2, -0.15) is 0 Å². The minimum absolute atomic E-state index is 0.213. The number of nitrogens with one attached hydrogen (secondary N) is 1. The summed E-state index contributed by atoms with van der Waals surface area (Å²) in [6.07, 6.45) is 1.42. The van der Waals surface area contributed by atoms with Crippen LogP contribution in [0.4, 0.5) is 4.79 Å². The third-order valence-corrected chi connectivity index (χ3v) is 6.28. The van der Waals surface area contributed by atoms with Crippen LogP contribution in [0, 0.1) is 0 Å². The number of benzene rings is 1. The fourth-order valence-corrected chi connectivity index (χ4v) is 3.93. The normalized spacial score (nSPS) is 18.3. The summed E-state index contributed by atoms with van der Waals surface area (Å²) in [5.41, 5.74) is 0.0680. The summed E-state index contributed by atoms with van der Waals surface area (Å²) >= 11 is 1.54. The third-order valence-electron chi connectivity index (χ3n) is 5.31. The summed E-state index contributed by atoms with van der Waals surface area (Å²) in [4.78, 5) is 16.9. The molecular formula is C22H31BN2O5S. The number of carbonyl (C=O) groups is 1. The Morgan fingerprint density at radius 3 is 2.45 bits per heavy atom. The number of thiazole rings is 1. The monoisotopic (exact) mass is 446 g/mol. The Balaban J connectivity index is 1.89. The Kier molecular flexibility index (Phi) is 6.42. The van der Waals surface area contributed by atoms with Crippen LogP contribution in [0.5, 0.6) is 5.75 Å². The molecule has 0 spiro atoms. The molecule has 1 fully saturated rings. The number of amides is 1. The summed E-state index contributed by atoms with van der Waals surface area (Å²) in [6, 6.07) is 5.77. The summed E-state index contributed by atoms with van der Waals surface area (Å²) in [5.74, 6) is 0.782. The number of fused-ring (bicyclic) bond motifs is 1. The van der Waals surface area contributed by atoms with Crippen LogP contribution in [0.15, 0.2) is 23.7 Å². The van der Waals surface area contributed by atoms with Crippen LogP contribution in [0.2, 0.25) is 0 Å². The van der Waals surface area contributed by atoms with Gasteiger partial charge in [-0.1, -0.05) is 0 Å². The molecule has 31 heavy (non-hydrogen) atoms. The SMILES string of the molecule is COc1ccc2nc(C=C(CNC(=O)OC(C)(C)C)B3OC(C)(C)C(C)(C)O3)sc2c1. The minimum atomic E-state index is -0.610. The zero-order valence-corrected chi connectivity index (χ0v) is 20.3. The molecule has 9 heteroatoms. The molecule has 3 rings (SSSR count). The van der Waals surface area contributed by atoms with E-state index < -0.39 is 30.0 Å². The second kappa shape index (κ2) is 8.45. The van der Waals surface area contributed by atoms with Gasteiger partial charge in [0.1, 0.15) is 16.4 Å². The minimum Gasteiger partial charge on any atom is -0.497 e. The largest absolute Gasteiger partial charge is 0.497 e. The van der Waals surface area contributed by atoms with Crippen molar-refractivity contribution in [1.82, 2.24) is 10.3 Å². The van der Waals surface area contributed by atoms with Crippen molar-refractivity contribution in [3.05, 3.63) is 28.7 Å². The van der Waals surface area contributed by atoms with E-state index >= 15 is 0 Å². The molecule has 0 atom stereocenters. The van der Waals surface area contributed by atoms with Crippen molar-refractivity contribution >= 4 is 40.8 Å². The van der Waals surface area contributed by atoms with Gasteiger partial charge in [-0.25, -0.2) is 9.78 Å². The van der Waals surface area contributed by atoms with Gasteiger partial charge in [0.15, 0.2) is 0 Å². The second-order valence-electron chi connectivity index (χ2n) is 9.55. The fraction of sp³-hybridized carbons (Fsp3) is 0.545. The highest BCUT2D eigenvalue weighted by Crippen LogP contribution is 2.39. The van der Waals surface area contributed by atoms with Crippen molar-refractivity contribution in [2.24, 2.45) is 0 Å². The van der Waals surface area contributed by atoms with Gasteiger partial charge in [0.2, 0.25) is 0 Å². The molecule has 1 amide bonds. The van der Waals surface area contributed by atoms with Gasteiger partial charge >= 0.3 is 13.2 Å². The summed E-state index contributed by atoms with van der Waals surface area (Å²) in [6.45, 7) is 13.7. The number of ether oxygens (including phenoxy) is 2. The van der Waals surface area contributed by atoms with E-state index in [1.807, 2.05) is 72.7 Å². The van der Waals surface area contributed by atoms with Gasteiger partial charge in [0.25, 0.3) is 0 Å². The lowest BCUT2D eigenvalue weighted by molar-refractivity contribution is 0.00578. The van der Waals surface area contributed by atoms with Crippen molar-refractivity contribution in [2.45, 2.75) is 65.3 Å². The maximum Gasteiger partial charge on any atom is 0.492 e. The van der Waals surface area contributed by atoms with Crippen molar-refractivity contribution in [3.8, 4) is 5.75 Å². The van der Waals surface area contributed by atoms with Crippen LogP contribution in [0.3, 0.4) is 0 Å². The average molecular weight is 446 g/mol. The molecule has 1 N–H and O–H groups in total. The first-order valence-corrected chi connectivity index (χ1v) is 11.1.